The molecule has 1 aliphatic carbocycles. The van der Waals surface area contributed by atoms with Gasteiger partial charge in [0.15, 0.2) is 0 Å². The molecular weight excluding hydrogens is 841 g/mol. The Hall–Kier alpha value is -6.33. The minimum Gasteiger partial charge on any atom is -0.457 e. The molecule has 0 N–H and O–H groups in total. The van der Waals surface area contributed by atoms with E-state index in [4.69, 9.17) is 9.72 Å². The van der Waals surface area contributed by atoms with E-state index >= 15 is 0 Å². The summed E-state index contributed by atoms with van der Waals surface area (Å²) in [5.74, 6) is 2.51. The van der Waals surface area contributed by atoms with E-state index in [0.717, 1.165) is 46.9 Å². The van der Waals surface area contributed by atoms with E-state index in [2.05, 4.69) is 250 Å². The zero-order chi connectivity index (χ0) is 48.9. The number of aromatic nitrogens is 2. The molecule has 0 amide bonds. The Morgan fingerprint density at radius 1 is 0.507 bits per heavy atom. The van der Waals surface area contributed by atoms with Crippen LogP contribution in [0.5, 0.6) is 11.5 Å². The molecular formula is C64H72N4O. The van der Waals surface area contributed by atoms with Gasteiger partial charge in [-0.15, -0.1) is 0 Å². The number of hydrogen-bond acceptors (Lipinski definition) is 4. The van der Waals surface area contributed by atoms with E-state index < -0.39 is 0 Å². The van der Waals surface area contributed by atoms with E-state index in [1.807, 2.05) is 6.20 Å². The minimum absolute atomic E-state index is 0.00127. The maximum atomic E-state index is 7.11. The van der Waals surface area contributed by atoms with Crippen LogP contribution in [0.4, 0.5) is 22.7 Å². The lowest BCUT2D eigenvalue weighted by molar-refractivity contribution is 0.00547. The van der Waals surface area contributed by atoms with Crippen molar-refractivity contribution in [2.75, 3.05) is 16.5 Å². The quantitative estimate of drug-likeness (QED) is 0.160. The molecule has 2 aliphatic rings. The van der Waals surface area contributed by atoms with Crippen LogP contribution >= 0.6 is 0 Å². The number of fused-ring (bicyclic) bond motifs is 4. The molecule has 0 unspecified atom stereocenters. The third kappa shape index (κ3) is 7.72. The minimum atomic E-state index is -0.238. The van der Waals surface area contributed by atoms with Gasteiger partial charge in [0.2, 0.25) is 0 Å². The molecule has 0 radical (unpaired) electrons. The van der Waals surface area contributed by atoms with Gasteiger partial charge in [-0.3, -0.25) is 4.57 Å². The fourth-order valence-corrected chi connectivity index (χ4v) is 12.8. The first-order valence-electron chi connectivity index (χ1n) is 25.3. The molecule has 354 valence electrons. The number of nitrogens with zero attached hydrogens (tertiary/aromatic N) is 4. The first-order chi connectivity index (χ1) is 32.6. The zero-order valence-corrected chi connectivity index (χ0v) is 43.5. The van der Waals surface area contributed by atoms with Gasteiger partial charge < -0.3 is 14.5 Å². The molecule has 2 aromatic heterocycles. The number of rotatable bonds is 7. The molecule has 5 heteroatoms. The molecule has 1 saturated carbocycles. The highest BCUT2D eigenvalue weighted by molar-refractivity contribution is 6.09. The van der Waals surface area contributed by atoms with Crippen molar-refractivity contribution in [2.24, 2.45) is 10.8 Å². The van der Waals surface area contributed by atoms with Gasteiger partial charge in [-0.1, -0.05) is 175 Å². The molecule has 1 fully saturated rings. The summed E-state index contributed by atoms with van der Waals surface area (Å²) in [5, 5.41) is 2.36. The summed E-state index contributed by atoms with van der Waals surface area (Å²) >= 11 is 0. The third-order valence-corrected chi connectivity index (χ3v) is 15.9. The molecule has 69 heavy (non-hydrogen) atoms. The Morgan fingerprint density at radius 2 is 1.12 bits per heavy atom. The van der Waals surface area contributed by atoms with E-state index in [9.17, 15) is 0 Å². The van der Waals surface area contributed by atoms with Crippen LogP contribution in [-0.4, -0.2) is 16.2 Å². The Morgan fingerprint density at radius 3 is 1.77 bits per heavy atom. The normalized spacial score (nSPS) is 16.8. The molecule has 0 spiro atoms. The third-order valence-electron chi connectivity index (χ3n) is 15.9. The van der Waals surface area contributed by atoms with Crippen LogP contribution in [0.25, 0.3) is 27.6 Å². The van der Waals surface area contributed by atoms with E-state index in [1.165, 1.54) is 62.1 Å². The van der Waals surface area contributed by atoms with Gasteiger partial charge in [0, 0.05) is 40.2 Å². The molecule has 5 nitrogen and oxygen atoms in total. The summed E-state index contributed by atoms with van der Waals surface area (Å²) in [6.45, 7) is 31.5. The highest BCUT2D eigenvalue weighted by Crippen LogP contribution is 2.64. The second-order valence-electron chi connectivity index (χ2n) is 24.4. The van der Waals surface area contributed by atoms with Crippen LogP contribution in [0.1, 0.15) is 137 Å². The monoisotopic (exact) mass is 913 g/mol. The second-order valence-corrected chi connectivity index (χ2v) is 24.4. The lowest BCUT2D eigenvalue weighted by atomic mass is 9.43. The summed E-state index contributed by atoms with van der Waals surface area (Å²) in [4.78, 5) is 10.2. The largest absolute Gasteiger partial charge is 0.457 e. The smallest absolute Gasteiger partial charge is 0.137 e. The first-order valence-corrected chi connectivity index (χ1v) is 25.3. The zero-order valence-electron chi connectivity index (χ0n) is 43.5. The first kappa shape index (κ1) is 46.4. The van der Waals surface area contributed by atoms with Crippen molar-refractivity contribution in [1.29, 1.82) is 0 Å². The van der Waals surface area contributed by atoms with Gasteiger partial charge in [-0.05, 0) is 122 Å². The summed E-state index contributed by atoms with van der Waals surface area (Å²) < 4.78 is 9.47. The fourth-order valence-electron chi connectivity index (χ4n) is 12.8. The molecule has 0 bridgehead atoms. The number of hydrogen-bond donors (Lipinski definition) is 0. The van der Waals surface area contributed by atoms with Crippen molar-refractivity contribution >= 4 is 44.6 Å². The number of pyridine rings is 1. The Kier molecular flexibility index (Phi) is 11.0. The van der Waals surface area contributed by atoms with E-state index in [-0.39, 0.29) is 32.5 Å². The molecule has 0 saturated heterocycles. The molecule has 8 aromatic rings. The lowest BCUT2D eigenvalue weighted by Crippen LogP contribution is -2.56. The molecule has 6 aromatic carbocycles. The van der Waals surface area contributed by atoms with Gasteiger partial charge in [0.25, 0.3) is 0 Å². The molecule has 0 atom stereocenters. The summed E-state index contributed by atoms with van der Waals surface area (Å²) in [6.07, 6.45) is 5.57. The van der Waals surface area contributed by atoms with Gasteiger partial charge >= 0.3 is 0 Å². The standard InChI is InChI=1S/C64H72N4O/c1-59(2,3)45-37-46(66-42-67(55-30-20-19-29-54(55)66)58-51(60(4,5)6)26-21-27-52(58)61(7,8)9)40-48(38-45)69-47-31-32-50-49-25-17-18-28-53(49)68(56(50)41-47)57-39-44(33-36-65-57)64(43-23-15-14-16-24-43)62(10,11)34-22-35-63(64,12)13/h14-21,23-33,36-41H,22,34-35,42H2,1-13H3. The Labute approximate surface area is 412 Å². The maximum Gasteiger partial charge on any atom is 0.137 e. The van der Waals surface area contributed by atoms with Crippen LogP contribution in [-0.2, 0) is 21.7 Å². The predicted molar refractivity (Wildman–Crippen MR) is 292 cm³/mol. The number of para-hydroxylation sites is 4. The molecule has 3 heterocycles. The van der Waals surface area contributed by atoms with Crippen LogP contribution in [0.2, 0.25) is 0 Å². The van der Waals surface area contributed by atoms with Crippen molar-refractivity contribution in [1.82, 2.24) is 9.55 Å². The van der Waals surface area contributed by atoms with Crippen molar-refractivity contribution in [3.8, 4) is 17.3 Å². The average Bonchev–Trinajstić information content (AvgIpc) is 3.84. The topological polar surface area (TPSA) is 33.5 Å². The number of anilines is 4. The summed E-state index contributed by atoms with van der Waals surface area (Å²) in [7, 11) is 0. The van der Waals surface area contributed by atoms with E-state index in [1.54, 1.807) is 0 Å². The van der Waals surface area contributed by atoms with Crippen molar-refractivity contribution < 1.29 is 4.74 Å². The van der Waals surface area contributed by atoms with Crippen LogP contribution in [0, 0.1) is 10.8 Å². The van der Waals surface area contributed by atoms with E-state index in [0.29, 0.717) is 6.67 Å². The van der Waals surface area contributed by atoms with Gasteiger partial charge in [0.05, 0.1) is 28.1 Å². The van der Waals surface area contributed by atoms with Crippen molar-refractivity contribution in [3.63, 3.8) is 0 Å². The summed E-state index contributed by atoms with van der Waals surface area (Å²) in [5.41, 5.74) is 13.2. The lowest BCUT2D eigenvalue weighted by Gasteiger charge is -2.60. The maximum absolute atomic E-state index is 7.11. The second kappa shape index (κ2) is 16.4. The Bertz CT molecular complexity index is 3180. The van der Waals surface area contributed by atoms with Crippen molar-refractivity contribution in [3.05, 3.63) is 180 Å². The molecule has 1 aliphatic heterocycles. The fraction of sp³-hybridized carbons (Fsp3) is 0.359. The highest BCUT2D eigenvalue weighted by Gasteiger charge is 2.58. The van der Waals surface area contributed by atoms with Crippen LogP contribution in [0.15, 0.2) is 152 Å². The highest BCUT2D eigenvalue weighted by atomic mass is 16.5. The SMILES string of the molecule is CC(C)(C)c1cc(Oc2ccc3c4ccccc4n(-c4cc(C5(c6ccccc6)C(C)(C)CCCC5(C)C)ccn4)c3c2)cc(N2CN(c3c(C(C)(C)C)cccc3C(C)(C)C)c3ccccc32)c1. The predicted octanol–water partition coefficient (Wildman–Crippen LogP) is 17.6. The van der Waals surface area contributed by atoms with Crippen LogP contribution in [0.3, 0.4) is 0 Å². The number of benzene rings is 6. The Balaban J connectivity index is 1.09. The van der Waals surface area contributed by atoms with Crippen LogP contribution < -0.4 is 14.5 Å². The van der Waals surface area contributed by atoms with Crippen molar-refractivity contribution in [2.45, 2.75) is 131 Å². The number of ether oxygens (including phenoxy) is 1. The molecule has 10 rings (SSSR count). The van der Waals surface area contributed by atoms with Gasteiger partial charge in [0.1, 0.15) is 24.0 Å². The van der Waals surface area contributed by atoms with Gasteiger partial charge in [-0.2, -0.15) is 0 Å². The summed E-state index contributed by atoms with van der Waals surface area (Å²) in [6, 6.07) is 53.9. The van der Waals surface area contributed by atoms with Gasteiger partial charge in [-0.25, -0.2) is 4.98 Å². The average molecular weight is 913 g/mol.